The van der Waals surface area contributed by atoms with Gasteiger partial charge in [0.15, 0.2) is 6.61 Å². The zero-order valence-electron chi connectivity index (χ0n) is 16.8. The van der Waals surface area contributed by atoms with E-state index in [4.69, 9.17) is 9.84 Å². The average molecular weight is 427 g/mol. The van der Waals surface area contributed by atoms with Crippen LogP contribution in [-0.2, 0) is 16.2 Å². The van der Waals surface area contributed by atoms with Crippen LogP contribution in [0.4, 0.5) is 13.2 Å². The Labute approximate surface area is 172 Å². The number of alkyl halides is 3. The Morgan fingerprint density at radius 1 is 1.33 bits per heavy atom. The van der Waals surface area contributed by atoms with Crippen LogP contribution in [0.5, 0.6) is 5.75 Å². The number of benzene rings is 1. The van der Waals surface area contributed by atoms with Gasteiger partial charge in [-0.3, -0.25) is 19.5 Å². The predicted molar refractivity (Wildman–Crippen MR) is 104 cm³/mol. The molecule has 1 aromatic carbocycles. The number of halogens is 3. The number of amidine groups is 1. The van der Waals surface area contributed by atoms with Crippen LogP contribution in [0.1, 0.15) is 18.9 Å². The lowest BCUT2D eigenvalue weighted by molar-refractivity contribution is -0.133. The molecular weight excluding hydrogens is 403 g/mol. The van der Waals surface area contributed by atoms with Crippen LogP contribution in [0, 0.1) is 0 Å². The largest absolute Gasteiger partial charge is 0.484 e. The molecule has 164 valence electrons. The normalized spacial score (nSPS) is 17.1. The maximum absolute atomic E-state index is 13.1. The van der Waals surface area contributed by atoms with Gasteiger partial charge in [-0.1, -0.05) is 18.7 Å². The standard InChI is InChI=1S/C20H24F3N3O4/c1-13(20(21,22)23)19(24-3)26(14(2)28)16-8-9-25(10-16)18(29)12-30-17-6-4-15(11-27)5-7-17/h4-7,16,27H,1,8-12H2,2-3H3/t16-/m0/s1. The average Bonchev–Trinajstić information content (AvgIpc) is 3.18. The van der Waals surface area contributed by atoms with Gasteiger partial charge in [-0.25, -0.2) is 0 Å². The first-order valence-electron chi connectivity index (χ1n) is 9.22. The van der Waals surface area contributed by atoms with Gasteiger partial charge in [0.25, 0.3) is 5.91 Å². The molecule has 2 amide bonds. The number of hydrogen-bond donors (Lipinski definition) is 1. The minimum atomic E-state index is -4.73. The molecular formula is C20H24F3N3O4. The van der Waals surface area contributed by atoms with Crippen LogP contribution in [0.3, 0.4) is 0 Å². The molecule has 0 bridgehead atoms. The van der Waals surface area contributed by atoms with Gasteiger partial charge in [0, 0.05) is 27.1 Å². The van der Waals surface area contributed by atoms with E-state index < -0.39 is 29.5 Å². The third kappa shape index (κ3) is 5.59. The maximum atomic E-state index is 13.1. The van der Waals surface area contributed by atoms with E-state index in [1.54, 1.807) is 24.3 Å². The van der Waals surface area contributed by atoms with Gasteiger partial charge in [0.05, 0.1) is 18.2 Å². The second-order valence-electron chi connectivity index (χ2n) is 6.79. The number of amides is 2. The maximum Gasteiger partial charge on any atom is 0.419 e. The lowest BCUT2D eigenvalue weighted by atomic mass is 10.1. The van der Waals surface area contributed by atoms with Crippen molar-refractivity contribution in [1.82, 2.24) is 9.80 Å². The van der Waals surface area contributed by atoms with Gasteiger partial charge >= 0.3 is 6.18 Å². The predicted octanol–water partition coefficient (Wildman–Crippen LogP) is 2.15. The molecule has 1 saturated heterocycles. The number of nitrogens with zero attached hydrogens (tertiary/aromatic N) is 3. The Morgan fingerprint density at radius 2 is 1.97 bits per heavy atom. The van der Waals surface area contributed by atoms with Crippen molar-refractivity contribution >= 4 is 17.6 Å². The summed E-state index contributed by atoms with van der Waals surface area (Å²) < 4.78 is 44.7. The Morgan fingerprint density at radius 3 is 2.47 bits per heavy atom. The van der Waals surface area contributed by atoms with Crippen molar-refractivity contribution in [2.45, 2.75) is 32.2 Å². The lowest BCUT2D eigenvalue weighted by Crippen LogP contribution is -2.48. The first-order chi connectivity index (χ1) is 14.1. The molecule has 1 heterocycles. The SMILES string of the molecule is C=C(C(=NC)N(C(C)=O)[C@H]1CCN(C(=O)COc2ccc(CO)cc2)C1)C(F)(F)F. The van der Waals surface area contributed by atoms with Crippen LogP contribution in [0.15, 0.2) is 41.4 Å². The highest BCUT2D eigenvalue weighted by Gasteiger charge is 2.41. The number of likely N-dealkylation sites (tertiary alicyclic amines) is 1. The molecule has 1 N–H and O–H groups in total. The lowest BCUT2D eigenvalue weighted by Gasteiger charge is -2.30. The van der Waals surface area contributed by atoms with Crippen molar-refractivity contribution < 1.29 is 32.6 Å². The van der Waals surface area contributed by atoms with E-state index in [1.807, 2.05) is 0 Å². The molecule has 1 fully saturated rings. The summed E-state index contributed by atoms with van der Waals surface area (Å²) in [7, 11) is 1.16. The summed E-state index contributed by atoms with van der Waals surface area (Å²) in [5.41, 5.74) is -0.506. The van der Waals surface area contributed by atoms with Gasteiger partial charge in [-0.05, 0) is 24.1 Å². The Kier molecular flexibility index (Phi) is 7.60. The molecule has 0 unspecified atom stereocenters. The van der Waals surface area contributed by atoms with Crippen LogP contribution in [-0.4, -0.2) is 71.5 Å². The fourth-order valence-electron chi connectivity index (χ4n) is 3.20. The molecule has 1 aliphatic heterocycles. The number of hydrogen-bond acceptors (Lipinski definition) is 5. The molecule has 1 atom stereocenters. The van der Waals surface area contributed by atoms with E-state index in [0.29, 0.717) is 17.7 Å². The Hall–Kier alpha value is -2.88. The summed E-state index contributed by atoms with van der Waals surface area (Å²) in [4.78, 5) is 30.6. The van der Waals surface area contributed by atoms with E-state index in [2.05, 4.69) is 11.6 Å². The number of ether oxygens (including phenoxy) is 1. The summed E-state index contributed by atoms with van der Waals surface area (Å²) in [5.74, 6) is -1.06. The molecule has 30 heavy (non-hydrogen) atoms. The third-order valence-corrected chi connectivity index (χ3v) is 4.74. The van der Waals surface area contributed by atoms with Crippen molar-refractivity contribution in [2.24, 2.45) is 4.99 Å². The number of carbonyl (C=O) groups is 2. The van der Waals surface area contributed by atoms with Gasteiger partial charge in [0.2, 0.25) is 5.91 Å². The van der Waals surface area contributed by atoms with Crippen molar-refractivity contribution in [3.05, 3.63) is 42.0 Å². The van der Waals surface area contributed by atoms with Gasteiger partial charge in [-0.2, -0.15) is 13.2 Å². The van der Waals surface area contributed by atoms with Crippen molar-refractivity contribution in [3.63, 3.8) is 0 Å². The molecule has 0 radical (unpaired) electrons. The molecule has 1 aromatic rings. The summed E-state index contributed by atoms with van der Waals surface area (Å²) in [6.45, 7) is 4.16. The van der Waals surface area contributed by atoms with E-state index >= 15 is 0 Å². The van der Waals surface area contributed by atoms with Gasteiger partial charge in [-0.15, -0.1) is 0 Å². The smallest absolute Gasteiger partial charge is 0.419 e. The molecule has 0 saturated carbocycles. The number of aliphatic hydroxyl groups is 1. The fraction of sp³-hybridized carbons (Fsp3) is 0.450. The monoisotopic (exact) mass is 427 g/mol. The van der Waals surface area contributed by atoms with Crippen molar-refractivity contribution in [3.8, 4) is 5.75 Å². The topological polar surface area (TPSA) is 82.4 Å². The van der Waals surface area contributed by atoms with E-state index in [9.17, 15) is 22.8 Å². The number of aliphatic hydroxyl groups excluding tert-OH is 1. The summed E-state index contributed by atoms with van der Waals surface area (Å²) in [6, 6.07) is 5.92. The molecule has 2 rings (SSSR count). The molecule has 0 aromatic heterocycles. The number of aliphatic imine (C=N–C) groups is 1. The molecule has 10 heteroatoms. The highest BCUT2D eigenvalue weighted by molar-refractivity contribution is 6.07. The van der Waals surface area contributed by atoms with Crippen LogP contribution in [0.25, 0.3) is 0 Å². The Balaban J connectivity index is 2.02. The van der Waals surface area contributed by atoms with Gasteiger partial charge in [0.1, 0.15) is 11.6 Å². The van der Waals surface area contributed by atoms with Crippen LogP contribution >= 0.6 is 0 Å². The first-order valence-corrected chi connectivity index (χ1v) is 9.22. The molecule has 7 nitrogen and oxygen atoms in total. The summed E-state index contributed by atoms with van der Waals surface area (Å²) in [6.07, 6.45) is -4.42. The highest BCUT2D eigenvalue weighted by atomic mass is 19.4. The fourth-order valence-corrected chi connectivity index (χ4v) is 3.20. The van der Waals surface area contributed by atoms with E-state index in [-0.39, 0.29) is 32.2 Å². The number of rotatable bonds is 6. The van der Waals surface area contributed by atoms with E-state index in [0.717, 1.165) is 18.9 Å². The van der Waals surface area contributed by atoms with Crippen molar-refractivity contribution in [2.75, 3.05) is 26.7 Å². The second kappa shape index (κ2) is 9.75. The minimum absolute atomic E-state index is 0.0649. The van der Waals surface area contributed by atoms with Crippen LogP contribution < -0.4 is 4.74 Å². The van der Waals surface area contributed by atoms with E-state index in [1.165, 1.54) is 4.90 Å². The molecule has 0 aliphatic carbocycles. The third-order valence-electron chi connectivity index (χ3n) is 4.74. The van der Waals surface area contributed by atoms with Crippen LogP contribution in [0.2, 0.25) is 0 Å². The minimum Gasteiger partial charge on any atom is -0.484 e. The number of carbonyl (C=O) groups excluding carboxylic acids is 2. The Bertz CT molecular complexity index is 822. The van der Waals surface area contributed by atoms with Gasteiger partial charge < -0.3 is 14.7 Å². The zero-order chi connectivity index (χ0) is 22.5. The quantitative estimate of drug-likeness (QED) is 0.557. The van der Waals surface area contributed by atoms with Crippen molar-refractivity contribution in [1.29, 1.82) is 0 Å². The second-order valence-corrected chi connectivity index (χ2v) is 6.79. The summed E-state index contributed by atoms with van der Waals surface area (Å²) in [5, 5.41) is 9.03. The zero-order valence-corrected chi connectivity index (χ0v) is 16.8. The molecule has 1 aliphatic rings. The first kappa shape index (κ1) is 23.4. The molecule has 0 spiro atoms. The summed E-state index contributed by atoms with van der Waals surface area (Å²) >= 11 is 0. The highest BCUT2D eigenvalue weighted by Crippen LogP contribution is 2.28.